The first-order chi connectivity index (χ1) is 14.2. The number of pyridine rings is 1. The number of piperidine rings is 1. The average Bonchev–Trinajstić information content (AvgIpc) is 3.47. The van der Waals surface area contributed by atoms with Gasteiger partial charge in [0.15, 0.2) is 0 Å². The third-order valence-corrected chi connectivity index (χ3v) is 6.37. The second kappa shape index (κ2) is 8.44. The summed E-state index contributed by atoms with van der Waals surface area (Å²) in [7, 11) is 2.09. The molecule has 1 aliphatic heterocycles. The molecule has 0 unspecified atom stereocenters. The van der Waals surface area contributed by atoms with Gasteiger partial charge in [0, 0.05) is 39.2 Å². The minimum Gasteiger partial charge on any atom is -0.473 e. The highest BCUT2D eigenvalue weighted by Crippen LogP contribution is 2.53. The quantitative estimate of drug-likeness (QED) is 0.581. The third-order valence-electron chi connectivity index (χ3n) is 6.08. The van der Waals surface area contributed by atoms with Crippen molar-refractivity contribution in [3.8, 4) is 5.88 Å². The van der Waals surface area contributed by atoms with E-state index in [9.17, 15) is 0 Å². The topological polar surface area (TPSA) is 56.1 Å². The van der Waals surface area contributed by atoms with E-state index in [-0.39, 0.29) is 23.9 Å². The fourth-order valence-electron chi connectivity index (χ4n) is 4.33. The summed E-state index contributed by atoms with van der Waals surface area (Å²) in [4.78, 5) is 6.54. The Balaban J connectivity index is 0.00000218. The lowest BCUT2D eigenvalue weighted by molar-refractivity contribution is 0.163. The Morgan fingerprint density at radius 3 is 2.43 bits per heavy atom. The molecule has 1 saturated carbocycles. The molecular weight excluding hydrogens is 421 g/mol. The highest BCUT2D eigenvalue weighted by Gasteiger charge is 2.50. The molecule has 1 aromatic carbocycles. The van der Waals surface area contributed by atoms with Gasteiger partial charge < -0.3 is 9.64 Å². The second-order valence-electron chi connectivity index (χ2n) is 7.93. The average molecular weight is 446 g/mol. The van der Waals surface area contributed by atoms with Crippen molar-refractivity contribution < 1.29 is 4.74 Å². The molecule has 1 saturated heterocycles. The number of halogens is 2. The summed E-state index contributed by atoms with van der Waals surface area (Å²) < 4.78 is 8.19. The fourth-order valence-corrected chi connectivity index (χ4v) is 4.49. The Morgan fingerprint density at radius 1 is 1.03 bits per heavy atom. The zero-order chi connectivity index (χ0) is 19.8. The smallest absolute Gasteiger partial charge is 0.232 e. The number of rotatable bonds is 5. The van der Waals surface area contributed by atoms with Crippen molar-refractivity contribution in [1.82, 2.24) is 19.7 Å². The summed E-state index contributed by atoms with van der Waals surface area (Å²) in [5, 5.41) is 9.73. The minimum absolute atomic E-state index is 0. The summed E-state index contributed by atoms with van der Waals surface area (Å²) in [6.07, 6.45) is 5.88. The highest BCUT2D eigenvalue weighted by molar-refractivity contribution is 6.31. The Bertz CT molecular complexity index is 998. The Kier molecular flexibility index (Phi) is 5.89. The third kappa shape index (κ3) is 3.74. The van der Waals surface area contributed by atoms with Crippen LogP contribution >= 0.6 is 24.0 Å². The van der Waals surface area contributed by atoms with Crippen LogP contribution in [0, 0.1) is 0 Å². The fraction of sp³-hybridized carbons (Fsp3) is 0.409. The first-order valence-corrected chi connectivity index (χ1v) is 10.5. The van der Waals surface area contributed by atoms with E-state index < -0.39 is 0 Å². The molecule has 158 valence electrons. The van der Waals surface area contributed by atoms with Gasteiger partial charge in [-0.25, -0.2) is 4.98 Å². The van der Waals surface area contributed by atoms with Crippen LogP contribution in [0.15, 0.2) is 48.7 Å². The zero-order valence-electron chi connectivity index (χ0n) is 16.9. The summed E-state index contributed by atoms with van der Waals surface area (Å²) in [5.74, 6) is 2.53. The van der Waals surface area contributed by atoms with E-state index in [1.54, 1.807) is 12.3 Å². The number of anilines is 1. The van der Waals surface area contributed by atoms with E-state index >= 15 is 0 Å². The molecule has 30 heavy (non-hydrogen) atoms. The van der Waals surface area contributed by atoms with Crippen LogP contribution in [0.25, 0.3) is 0 Å². The van der Waals surface area contributed by atoms with Gasteiger partial charge in [-0.3, -0.25) is 4.57 Å². The standard InChI is InChI=1S/C22H24ClN5O.ClH/c1-27-20(22(11-12-22)16-6-3-2-4-7-16)25-26-21(27)28-14-9-17(10-15-28)29-19-18(23)8-5-13-24-19;/h2-8,13,17H,9-12,14-15H2,1H3;1H. The molecule has 3 aromatic rings. The maximum absolute atomic E-state index is 6.17. The molecule has 6 nitrogen and oxygen atoms in total. The molecule has 0 atom stereocenters. The van der Waals surface area contributed by atoms with Gasteiger partial charge in [0.2, 0.25) is 11.8 Å². The molecule has 2 aromatic heterocycles. The van der Waals surface area contributed by atoms with Gasteiger partial charge in [0.25, 0.3) is 0 Å². The summed E-state index contributed by atoms with van der Waals surface area (Å²) in [6, 6.07) is 14.3. The van der Waals surface area contributed by atoms with Crippen LogP contribution < -0.4 is 9.64 Å². The van der Waals surface area contributed by atoms with Crippen LogP contribution in [0.2, 0.25) is 5.02 Å². The molecular formula is C22H25Cl2N5O. The molecule has 5 rings (SSSR count). The van der Waals surface area contributed by atoms with E-state index in [1.165, 1.54) is 5.56 Å². The maximum atomic E-state index is 6.17. The molecule has 2 aliphatic rings. The van der Waals surface area contributed by atoms with E-state index in [0.29, 0.717) is 10.9 Å². The zero-order valence-corrected chi connectivity index (χ0v) is 18.4. The summed E-state index contributed by atoms with van der Waals surface area (Å²) in [5.41, 5.74) is 1.36. The van der Waals surface area contributed by atoms with Crippen LogP contribution in [-0.2, 0) is 12.5 Å². The molecule has 0 spiro atoms. The number of ether oxygens (including phenoxy) is 1. The Labute approximate surface area is 187 Å². The van der Waals surface area contributed by atoms with Gasteiger partial charge >= 0.3 is 0 Å². The molecule has 3 heterocycles. The van der Waals surface area contributed by atoms with Crippen LogP contribution in [0.4, 0.5) is 5.95 Å². The normalized spacial score (nSPS) is 18.0. The molecule has 0 radical (unpaired) electrons. The van der Waals surface area contributed by atoms with Crippen molar-refractivity contribution in [2.45, 2.75) is 37.2 Å². The molecule has 1 aliphatic carbocycles. The van der Waals surface area contributed by atoms with Crippen LogP contribution in [0.3, 0.4) is 0 Å². The van der Waals surface area contributed by atoms with Crippen LogP contribution in [0.1, 0.15) is 37.1 Å². The second-order valence-corrected chi connectivity index (χ2v) is 8.33. The SMILES string of the molecule is Cl.Cn1c(N2CCC(Oc3ncccc3Cl)CC2)nnc1C1(c2ccccc2)CC1. The van der Waals surface area contributed by atoms with Gasteiger partial charge in [-0.05, 0) is 30.5 Å². The van der Waals surface area contributed by atoms with Crippen molar-refractivity contribution in [2.24, 2.45) is 7.05 Å². The summed E-state index contributed by atoms with van der Waals surface area (Å²) >= 11 is 6.17. The van der Waals surface area contributed by atoms with Gasteiger partial charge in [0.05, 0.1) is 5.41 Å². The number of benzene rings is 1. The Hall–Kier alpha value is -2.31. The van der Waals surface area contributed by atoms with Crippen LogP contribution in [-0.4, -0.2) is 38.9 Å². The van der Waals surface area contributed by atoms with E-state index in [0.717, 1.165) is 50.5 Å². The Morgan fingerprint density at radius 2 is 1.77 bits per heavy atom. The molecule has 2 fully saturated rings. The van der Waals surface area contributed by atoms with Gasteiger partial charge in [-0.2, -0.15) is 0 Å². The first kappa shape index (κ1) is 20.9. The molecule has 0 amide bonds. The monoisotopic (exact) mass is 445 g/mol. The predicted octanol–water partition coefficient (Wildman–Crippen LogP) is 4.41. The number of nitrogens with zero attached hydrogens (tertiary/aromatic N) is 5. The number of hydrogen-bond donors (Lipinski definition) is 0. The van der Waals surface area contributed by atoms with E-state index in [4.69, 9.17) is 16.3 Å². The van der Waals surface area contributed by atoms with Gasteiger partial charge in [0.1, 0.15) is 17.0 Å². The van der Waals surface area contributed by atoms with Gasteiger partial charge in [-0.1, -0.05) is 41.9 Å². The molecule has 0 bridgehead atoms. The minimum atomic E-state index is 0. The van der Waals surface area contributed by atoms with Crippen molar-refractivity contribution in [3.05, 3.63) is 65.1 Å². The molecule has 8 heteroatoms. The van der Waals surface area contributed by atoms with E-state index in [2.05, 4.69) is 62.0 Å². The van der Waals surface area contributed by atoms with Gasteiger partial charge in [-0.15, -0.1) is 22.6 Å². The predicted molar refractivity (Wildman–Crippen MR) is 120 cm³/mol. The highest BCUT2D eigenvalue weighted by atomic mass is 35.5. The lowest BCUT2D eigenvalue weighted by Crippen LogP contribution is -2.39. The van der Waals surface area contributed by atoms with Crippen molar-refractivity contribution >= 4 is 30.0 Å². The number of aromatic nitrogens is 4. The van der Waals surface area contributed by atoms with Crippen molar-refractivity contribution in [1.29, 1.82) is 0 Å². The molecule has 0 N–H and O–H groups in total. The largest absolute Gasteiger partial charge is 0.473 e. The number of hydrogen-bond acceptors (Lipinski definition) is 5. The van der Waals surface area contributed by atoms with Crippen molar-refractivity contribution in [2.75, 3.05) is 18.0 Å². The lowest BCUT2D eigenvalue weighted by Gasteiger charge is -2.32. The lowest BCUT2D eigenvalue weighted by atomic mass is 9.95. The first-order valence-electron chi connectivity index (χ1n) is 10.1. The van der Waals surface area contributed by atoms with Crippen molar-refractivity contribution in [3.63, 3.8) is 0 Å². The maximum Gasteiger partial charge on any atom is 0.232 e. The summed E-state index contributed by atoms with van der Waals surface area (Å²) in [6.45, 7) is 1.75. The van der Waals surface area contributed by atoms with E-state index in [1.807, 2.05) is 6.07 Å². The van der Waals surface area contributed by atoms with Crippen LogP contribution in [0.5, 0.6) is 5.88 Å².